The minimum atomic E-state index is -0.178. The number of rotatable bonds is 3. The first kappa shape index (κ1) is 12.6. The summed E-state index contributed by atoms with van der Waals surface area (Å²) in [6.07, 6.45) is 1.73. The summed E-state index contributed by atoms with van der Waals surface area (Å²) in [5.74, 6) is 0.528. The molecule has 94 valence electrons. The molecule has 0 saturated heterocycles. The molecule has 5 heteroatoms. The first-order valence-electron chi connectivity index (χ1n) is 5.48. The van der Waals surface area contributed by atoms with Gasteiger partial charge in [-0.3, -0.25) is 10.1 Å². The van der Waals surface area contributed by atoms with E-state index >= 15 is 0 Å². The summed E-state index contributed by atoms with van der Waals surface area (Å²) < 4.78 is 5.20. The van der Waals surface area contributed by atoms with E-state index in [1.54, 1.807) is 25.4 Å². The summed E-state index contributed by atoms with van der Waals surface area (Å²) in [5.41, 5.74) is 1.56. The highest BCUT2D eigenvalue weighted by molar-refractivity contribution is 7.15. The number of hydrogen-bond acceptors (Lipinski definition) is 4. The van der Waals surface area contributed by atoms with Crippen LogP contribution in [0.2, 0.25) is 0 Å². The van der Waals surface area contributed by atoms with E-state index in [0.29, 0.717) is 16.4 Å². The van der Waals surface area contributed by atoms with Gasteiger partial charge in [0, 0.05) is 16.6 Å². The molecule has 1 N–H and O–H groups in total. The van der Waals surface area contributed by atoms with Crippen molar-refractivity contribution in [2.75, 3.05) is 12.4 Å². The van der Waals surface area contributed by atoms with E-state index in [4.69, 9.17) is 4.74 Å². The molecule has 0 aliphatic rings. The third kappa shape index (κ3) is 2.68. The molecule has 0 radical (unpaired) electrons. The van der Waals surface area contributed by atoms with Crippen LogP contribution in [0.1, 0.15) is 20.8 Å². The predicted molar refractivity (Wildman–Crippen MR) is 72.5 cm³/mol. The van der Waals surface area contributed by atoms with Crippen molar-refractivity contribution in [2.24, 2.45) is 0 Å². The molecule has 2 rings (SSSR count). The fourth-order valence-corrected chi connectivity index (χ4v) is 2.20. The maximum atomic E-state index is 12.0. The monoisotopic (exact) mass is 262 g/mol. The van der Waals surface area contributed by atoms with Crippen LogP contribution in [0.4, 0.5) is 5.13 Å². The number of methoxy groups -OCH3 is 1. The Balaban J connectivity index is 2.18. The minimum Gasteiger partial charge on any atom is -0.496 e. The Morgan fingerprint density at radius 3 is 2.78 bits per heavy atom. The normalized spacial score (nSPS) is 10.2. The van der Waals surface area contributed by atoms with E-state index in [2.05, 4.69) is 10.3 Å². The van der Waals surface area contributed by atoms with E-state index in [-0.39, 0.29) is 5.91 Å². The highest BCUT2D eigenvalue weighted by Crippen LogP contribution is 2.21. The number of nitrogens with one attached hydrogen (secondary N) is 1. The number of aromatic nitrogens is 1. The van der Waals surface area contributed by atoms with Crippen LogP contribution in [-0.4, -0.2) is 18.0 Å². The van der Waals surface area contributed by atoms with Gasteiger partial charge >= 0.3 is 0 Å². The first-order valence-corrected chi connectivity index (χ1v) is 6.30. The van der Waals surface area contributed by atoms with E-state index in [1.807, 2.05) is 19.9 Å². The van der Waals surface area contributed by atoms with Gasteiger partial charge < -0.3 is 4.74 Å². The van der Waals surface area contributed by atoms with Gasteiger partial charge in [0.25, 0.3) is 5.91 Å². The molecule has 0 aliphatic carbocycles. The number of anilines is 1. The van der Waals surface area contributed by atoms with E-state index in [9.17, 15) is 4.79 Å². The van der Waals surface area contributed by atoms with Crippen LogP contribution in [0.15, 0.2) is 24.4 Å². The first-order chi connectivity index (χ1) is 8.60. The SMILES string of the molecule is COc1cc(C(=O)Nc2ncc(C)s2)ccc1C. The molecule has 0 atom stereocenters. The van der Waals surface area contributed by atoms with Crippen molar-refractivity contribution in [3.63, 3.8) is 0 Å². The zero-order chi connectivity index (χ0) is 13.1. The van der Waals surface area contributed by atoms with Crippen LogP contribution in [0.5, 0.6) is 5.75 Å². The van der Waals surface area contributed by atoms with Crippen molar-refractivity contribution in [2.45, 2.75) is 13.8 Å². The van der Waals surface area contributed by atoms with Crippen molar-refractivity contribution in [1.82, 2.24) is 4.98 Å². The lowest BCUT2D eigenvalue weighted by atomic mass is 10.1. The number of nitrogens with zero attached hydrogens (tertiary/aromatic N) is 1. The molecule has 2 aromatic rings. The highest BCUT2D eigenvalue weighted by atomic mass is 32.1. The van der Waals surface area contributed by atoms with Crippen molar-refractivity contribution in [3.05, 3.63) is 40.4 Å². The summed E-state index contributed by atoms with van der Waals surface area (Å²) in [6, 6.07) is 5.36. The molecule has 18 heavy (non-hydrogen) atoms. The molecule has 0 spiro atoms. The summed E-state index contributed by atoms with van der Waals surface area (Å²) in [6.45, 7) is 3.88. The van der Waals surface area contributed by atoms with Gasteiger partial charge in [-0.15, -0.1) is 11.3 Å². The second-order valence-electron chi connectivity index (χ2n) is 3.91. The average molecular weight is 262 g/mol. The Labute approximate surface area is 110 Å². The Bertz CT molecular complexity index is 578. The van der Waals surface area contributed by atoms with Gasteiger partial charge in [-0.1, -0.05) is 6.07 Å². The molecule has 0 unspecified atom stereocenters. The Morgan fingerprint density at radius 2 is 2.17 bits per heavy atom. The molecule has 0 fully saturated rings. The van der Waals surface area contributed by atoms with Crippen LogP contribution >= 0.6 is 11.3 Å². The zero-order valence-corrected chi connectivity index (χ0v) is 11.3. The summed E-state index contributed by atoms with van der Waals surface area (Å²) in [7, 11) is 1.59. The van der Waals surface area contributed by atoms with Crippen molar-refractivity contribution < 1.29 is 9.53 Å². The number of benzene rings is 1. The third-order valence-electron chi connectivity index (χ3n) is 2.51. The largest absolute Gasteiger partial charge is 0.496 e. The number of aryl methyl sites for hydroxylation is 2. The van der Waals surface area contributed by atoms with Crippen LogP contribution in [0.3, 0.4) is 0 Å². The number of carbonyl (C=O) groups excluding carboxylic acids is 1. The van der Waals surface area contributed by atoms with E-state index < -0.39 is 0 Å². The van der Waals surface area contributed by atoms with Gasteiger partial charge in [0.1, 0.15) is 5.75 Å². The topological polar surface area (TPSA) is 51.2 Å². The molecule has 4 nitrogen and oxygen atoms in total. The molecule has 0 aliphatic heterocycles. The van der Waals surface area contributed by atoms with Crippen LogP contribution in [0, 0.1) is 13.8 Å². The van der Waals surface area contributed by atoms with Crippen molar-refractivity contribution in [1.29, 1.82) is 0 Å². The molecular formula is C13H14N2O2S. The number of ether oxygens (including phenoxy) is 1. The molecule has 0 bridgehead atoms. The van der Waals surface area contributed by atoms with Gasteiger partial charge in [-0.05, 0) is 31.5 Å². The third-order valence-corrected chi connectivity index (χ3v) is 3.34. The summed E-state index contributed by atoms with van der Waals surface area (Å²) in [4.78, 5) is 17.2. The van der Waals surface area contributed by atoms with Gasteiger partial charge in [-0.25, -0.2) is 4.98 Å². The van der Waals surface area contributed by atoms with Gasteiger partial charge in [-0.2, -0.15) is 0 Å². The van der Waals surface area contributed by atoms with E-state index in [1.165, 1.54) is 11.3 Å². The zero-order valence-electron chi connectivity index (χ0n) is 10.5. The lowest BCUT2D eigenvalue weighted by molar-refractivity contribution is 0.102. The molecule has 1 aromatic heterocycles. The number of thiazole rings is 1. The van der Waals surface area contributed by atoms with Crippen LogP contribution in [0.25, 0.3) is 0 Å². The molecule has 1 amide bonds. The fourth-order valence-electron chi connectivity index (χ4n) is 1.54. The second-order valence-corrected chi connectivity index (χ2v) is 5.15. The molecule has 1 heterocycles. The second kappa shape index (κ2) is 5.18. The molecule has 1 aromatic carbocycles. The molecular weight excluding hydrogens is 248 g/mol. The Morgan fingerprint density at radius 1 is 1.39 bits per heavy atom. The quantitative estimate of drug-likeness (QED) is 0.925. The standard InChI is InChI=1S/C13H14N2O2S/c1-8-4-5-10(6-11(8)17-3)12(16)15-13-14-7-9(2)18-13/h4-7H,1-3H3,(H,14,15,16). The smallest absolute Gasteiger partial charge is 0.257 e. The maximum Gasteiger partial charge on any atom is 0.257 e. The predicted octanol–water partition coefficient (Wildman–Crippen LogP) is 3.02. The van der Waals surface area contributed by atoms with Crippen LogP contribution in [-0.2, 0) is 0 Å². The van der Waals surface area contributed by atoms with Gasteiger partial charge in [0.15, 0.2) is 5.13 Å². The summed E-state index contributed by atoms with van der Waals surface area (Å²) in [5, 5.41) is 3.37. The summed E-state index contributed by atoms with van der Waals surface area (Å²) >= 11 is 1.45. The number of carbonyl (C=O) groups is 1. The van der Waals surface area contributed by atoms with Gasteiger partial charge in [0.05, 0.1) is 7.11 Å². The number of hydrogen-bond donors (Lipinski definition) is 1. The minimum absolute atomic E-state index is 0.178. The van der Waals surface area contributed by atoms with Gasteiger partial charge in [0.2, 0.25) is 0 Å². The Kier molecular flexibility index (Phi) is 3.62. The van der Waals surface area contributed by atoms with Crippen molar-refractivity contribution >= 4 is 22.4 Å². The number of amides is 1. The highest BCUT2D eigenvalue weighted by Gasteiger charge is 2.10. The maximum absolute atomic E-state index is 12.0. The van der Waals surface area contributed by atoms with Crippen LogP contribution < -0.4 is 10.1 Å². The Hall–Kier alpha value is -1.88. The molecule has 0 saturated carbocycles. The van der Waals surface area contributed by atoms with E-state index in [0.717, 1.165) is 10.4 Å². The lowest BCUT2D eigenvalue weighted by Gasteiger charge is -2.07. The van der Waals surface area contributed by atoms with Crippen molar-refractivity contribution in [3.8, 4) is 5.75 Å². The lowest BCUT2D eigenvalue weighted by Crippen LogP contribution is -2.11. The fraction of sp³-hybridized carbons (Fsp3) is 0.231. The average Bonchev–Trinajstić information content (AvgIpc) is 2.75.